The molecule has 5 heteroatoms. The third-order valence-corrected chi connectivity index (χ3v) is 4.12. The van der Waals surface area contributed by atoms with Crippen molar-refractivity contribution in [2.75, 3.05) is 13.4 Å². The van der Waals surface area contributed by atoms with Gasteiger partial charge in [-0.15, -0.1) is 0 Å². The average Bonchev–Trinajstić information content (AvgIpc) is 3.07. The smallest absolute Gasteiger partial charge is 0.231 e. The molecule has 2 heterocycles. The summed E-state index contributed by atoms with van der Waals surface area (Å²) in [5.41, 5.74) is 2.69. The van der Waals surface area contributed by atoms with Crippen LogP contribution in [0.15, 0.2) is 24.3 Å². The summed E-state index contributed by atoms with van der Waals surface area (Å²) in [5.74, 6) is 1.90. The summed E-state index contributed by atoms with van der Waals surface area (Å²) in [6.45, 7) is 10.6. The number of ether oxygens (including phenoxy) is 3. The minimum Gasteiger partial charge on any atom is -0.485 e. The number of carbonyl (C=O) groups excluding carboxylic acids is 1. The Morgan fingerprint density at radius 2 is 1.88 bits per heavy atom. The van der Waals surface area contributed by atoms with Crippen LogP contribution in [0.5, 0.6) is 17.2 Å². The fourth-order valence-electron chi connectivity index (χ4n) is 3.27. The van der Waals surface area contributed by atoms with Gasteiger partial charge < -0.3 is 18.8 Å². The van der Waals surface area contributed by atoms with Crippen LogP contribution in [0.25, 0.3) is 0 Å². The summed E-state index contributed by atoms with van der Waals surface area (Å²) < 4.78 is 18.4. The summed E-state index contributed by atoms with van der Waals surface area (Å²) in [5, 5.41) is 0. The average molecular weight is 329 g/mol. The fourth-order valence-corrected chi connectivity index (χ4v) is 3.27. The molecule has 5 nitrogen and oxygen atoms in total. The Hall–Kier alpha value is -2.43. The lowest BCUT2D eigenvalue weighted by atomic mass is 10.1. The van der Waals surface area contributed by atoms with E-state index in [1.165, 1.54) is 0 Å². The first-order valence-corrected chi connectivity index (χ1v) is 8.02. The minimum absolute atomic E-state index is 0.00587. The van der Waals surface area contributed by atoms with Crippen LogP contribution in [-0.2, 0) is 5.54 Å². The summed E-state index contributed by atoms with van der Waals surface area (Å²) in [6, 6.07) is 7.24. The van der Waals surface area contributed by atoms with E-state index >= 15 is 0 Å². The number of benzene rings is 1. The Morgan fingerprint density at radius 3 is 2.54 bits per heavy atom. The SMILES string of the molecule is Cc1cc(C(=O)COc2ccc3c(c2)OCO3)c(C)n1C(C)(C)C. The van der Waals surface area contributed by atoms with Crippen molar-refractivity contribution in [3.05, 3.63) is 41.2 Å². The van der Waals surface area contributed by atoms with Crippen molar-refractivity contribution < 1.29 is 19.0 Å². The second kappa shape index (κ2) is 5.89. The van der Waals surface area contributed by atoms with Gasteiger partial charge in [0.2, 0.25) is 12.6 Å². The molecule has 128 valence electrons. The van der Waals surface area contributed by atoms with Gasteiger partial charge in [-0.25, -0.2) is 0 Å². The second-order valence-electron chi connectivity index (χ2n) is 7.02. The van der Waals surface area contributed by atoms with E-state index in [1.54, 1.807) is 18.2 Å². The van der Waals surface area contributed by atoms with E-state index in [4.69, 9.17) is 14.2 Å². The Bertz CT molecular complexity index is 783. The van der Waals surface area contributed by atoms with E-state index in [0.717, 1.165) is 11.4 Å². The number of nitrogens with zero attached hydrogens (tertiary/aromatic N) is 1. The standard InChI is InChI=1S/C19H23NO4/c1-12-8-15(13(2)20(12)19(3,4)5)16(21)10-22-14-6-7-17-18(9-14)24-11-23-17/h6-9H,10-11H2,1-5H3. The predicted octanol–water partition coefficient (Wildman–Crippen LogP) is 3.85. The lowest BCUT2D eigenvalue weighted by Gasteiger charge is -2.25. The fraction of sp³-hybridized carbons (Fsp3) is 0.421. The number of rotatable bonds is 4. The monoisotopic (exact) mass is 329 g/mol. The van der Waals surface area contributed by atoms with Gasteiger partial charge >= 0.3 is 0 Å². The highest BCUT2D eigenvalue weighted by Crippen LogP contribution is 2.35. The van der Waals surface area contributed by atoms with E-state index in [1.807, 2.05) is 19.9 Å². The molecule has 0 atom stereocenters. The van der Waals surface area contributed by atoms with Crippen molar-refractivity contribution in [2.24, 2.45) is 0 Å². The number of Topliss-reactive ketones (excluding diaryl/α,β-unsaturated/α-hetero) is 1. The first-order chi connectivity index (χ1) is 11.3. The lowest BCUT2D eigenvalue weighted by Crippen LogP contribution is -2.24. The molecule has 0 bridgehead atoms. The molecule has 3 rings (SSSR count). The molecular weight excluding hydrogens is 306 g/mol. The van der Waals surface area contributed by atoms with Crippen LogP contribution in [-0.4, -0.2) is 23.8 Å². The molecule has 0 fully saturated rings. The molecule has 24 heavy (non-hydrogen) atoms. The zero-order valence-corrected chi connectivity index (χ0v) is 14.8. The number of hydrogen-bond acceptors (Lipinski definition) is 4. The van der Waals surface area contributed by atoms with Crippen LogP contribution in [0.3, 0.4) is 0 Å². The van der Waals surface area contributed by atoms with Gasteiger partial charge in [0.25, 0.3) is 0 Å². The van der Waals surface area contributed by atoms with Crippen LogP contribution in [0.1, 0.15) is 42.5 Å². The maximum absolute atomic E-state index is 12.6. The summed E-state index contributed by atoms with van der Waals surface area (Å²) in [7, 11) is 0. The van der Waals surface area contributed by atoms with Crippen molar-refractivity contribution in [3.8, 4) is 17.2 Å². The maximum atomic E-state index is 12.6. The van der Waals surface area contributed by atoms with Crippen LogP contribution < -0.4 is 14.2 Å². The normalized spacial score (nSPS) is 13.2. The molecule has 1 aliphatic rings. The third kappa shape index (κ3) is 2.98. The predicted molar refractivity (Wildman–Crippen MR) is 91.3 cm³/mol. The van der Waals surface area contributed by atoms with Gasteiger partial charge in [0.1, 0.15) is 5.75 Å². The van der Waals surface area contributed by atoms with Gasteiger partial charge in [-0.2, -0.15) is 0 Å². The first-order valence-electron chi connectivity index (χ1n) is 8.02. The number of carbonyl (C=O) groups is 1. The second-order valence-corrected chi connectivity index (χ2v) is 7.02. The van der Waals surface area contributed by atoms with Crippen molar-refractivity contribution in [2.45, 2.75) is 40.2 Å². The molecule has 1 aromatic heterocycles. The van der Waals surface area contributed by atoms with Gasteiger partial charge in [0.05, 0.1) is 0 Å². The molecule has 0 radical (unpaired) electrons. The topological polar surface area (TPSA) is 49.7 Å². The molecule has 2 aromatic rings. The molecule has 0 saturated carbocycles. The number of aryl methyl sites for hydroxylation is 1. The van der Waals surface area contributed by atoms with E-state index in [-0.39, 0.29) is 24.7 Å². The molecule has 1 aliphatic heterocycles. The largest absolute Gasteiger partial charge is 0.485 e. The zero-order chi connectivity index (χ0) is 17.5. The number of fused-ring (bicyclic) bond motifs is 1. The lowest BCUT2D eigenvalue weighted by molar-refractivity contribution is 0.0920. The van der Waals surface area contributed by atoms with E-state index < -0.39 is 0 Å². The summed E-state index contributed by atoms with van der Waals surface area (Å²) in [4.78, 5) is 12.6. The highest BCUT2D eigenvalue weighted by molar-refractivity contribution is 5.98. The van der Waals surface area contributed by atoms with E-state index in [2.05, 4.69) is 25.3 Å². The molecule has 0 saturated heterocycles. The highest BCUT2D eigenvalue weighted by Gasteiger charge is 2.23. The van der Waals surface area contributed by atoms with Crippen LogP contribution in [0.2, 0.25) is 0 Å². The third-order valence-electron chi connectivity index (χ3n) is 4.12. The van der Waals surface area contributed by atoms with Gasteiger partial charge in [0.15, 0.2) is 18.1 Å². The molecule has 0 N–H and O–H groups in total. The van der Waals surface area contributed by atoms with Gasteiger partial charge in [-0.05, 0) is 52.8 Å². The van der Waals surface area contributed by atoms with Gasteiger partial charge in [0, 0.05) is 28.6 Å². The molecule has 0 spiro atoms. The molecular formula is C19H23NO4. The van der Waals surface area contributed by atoms with Crippen molar-refractivity contribution in [1.29, 1.82) is 0 Å². The zero-order valence-electron chi connectivity index (χ0n) is 14.8. The van der Waals surface area contributed by atoms with Crippen LogP contribution in [0.4, 0.5) is 0 Å². The van der Waals surface area contributed by atoms with Crippen molar-refractivity contribution in [3.63, 3.8) is 0 Å². The Balaban J connectivity index is 1.74. The number of hydrogen-bond donors (Lipinski definition) is 0. The minimum atomic E-state index is -0.0646. The van der Waals surface area contributed by atoms with Crippen LogP contribution >= 0.6 is 0 Å². The number of ketones is 1. The van der Waals surface area contributed by atoms with Crippen LogP contribution in [0, 0.1) is 13.8 Å². The number of aromatic nitrogens is 1. The molecule has 0 unspecified atom stereocenters. The quantitative estimate of drug-likeness (QED) is 0.800. The van der Waals surface area contributed by atoms with Gasteiger partial charge in [-0.1, -0.05) is 0 Å². The molecule has 0 aliphatic carbocycles. The van der Waals surface area contributed by atoms with E-state index in [9.17, 15) is 4.79 Å². The maximum Gasteiger partial charge on any atom is 0.231 e. The summed E-state index contributed by atoms with van der Waals surface area (Å²) >= 11 is 0. The van der Waals surface area contributed by atoms with Crippen molar-refractivity contribution in [1.82, 2.24) is 4.57 Å². The molecule has 0 amide bonds. The summed E-state index contributed by atoms with van der Waals surface area (Å²) in [6.07, 6.45) is 0. The van der Waals surface area contributed by atoms with Crippen molar-refractivity contribution >= 4 is 5.78 Å². The molecule has 1 aromatic carbocycles. The Labute approximate surface area is 142 Å². The highest BCUT2D eigenvalue weighted by atomic mass is 16.7. The van der Waals surface area contributed by atoms with Gasteiger partial charge in [-0.3, -0.25) is 4.79 Å². The Kier molecular flexibility index (Phi) is 4.03. The first kappa shape index (κ1) is 16.4. The Morgan fingerprint density at radius 1 is 1.17 bits per heavy atom. The van der Waals surface area contributed by atoms with E-state index in [0.29, 0.717) is 22.8 Å².